The molecule has 0 bridgehead atoms. The fourth-order valence-corrected chi connectivity index (χ4v) is 0.802. The second-order valence-electron chi connectivity index (χ2n) is 1.81. The molecule has 3 heteroatoms. The molecule has 0 aromatic rings. The van der Waals surface area contributed by atoms with E-state index >= 15 is 0 Å². The third-order valence-electron chi connectivity index (χ3n) is 1.21. The Kier molecular flexibility index (Phi) is 6.96. The van der Waals surface area contributed by atoms with Gasteiger partial charge in [0.15, 0.2) is 12.5 Å². The minimum atomic E-state index is 1.25. The highest BCUT2D eigenvalue weighted by molar-refractivity contribution is 7.44. The maximum atomic E-state index is 7.83. The van der Waals surface area contributed by atoms with Gasteiger partial charge in [0.05, 0.1) is 0 Å². The van der Waals surface area contributed by atoms with E-state index in [1.807, 2.05) is 0 Å². The van der Waals surface area contributed by atoms with Gasteiger partial charge in [0, 0.05) is 0 Å². The largest absolute Gasteiger partial charge is 0.317 e. The van der Waals surface area contributed by atoms with E-state index in [1.54, 1.807) is 0 Å². The van der Waals surface area contributed by atoms with Crippen molar-refractivity contribution in [1.29, 1.82) is 0 Å². The van der Waals surface area contributed by atoms with Crippen molar-refractivity contribution >= 4 is 12.5 Å². The van der Waals surface area contributed by atoms with Crippen LogP contribution in [0.5, 0.6) is 0 Å². The molecular weight excluding hydrogens is 122 g/mol. The zero-order valence-corrected chi connectivity index (χ0v) is 5.67. The van der Waals surface area contributed by atoms with Gasteiger partial charge in [0.2, 0.25) is 0 Å². The van der Waals surface area contributed by atoms with Crippen molar-refractivity contribution in [3.8, 4) is 0 Å². The van der Waals surface area contributed by atoms with Crippen LogP contribution in [0.1, 0.15) is 19.3 Å². The molecule has 1 saturated heterocycles. The molecule has 1 heterocycles. The van der Waals surface area contributed by atoms with Gasteiger partial charge in [0.1, 0.15) is 0 Å². The Morgan fingerprint density at radius 1 is 1.00 bits per heavy atom. The third kappa shape index (κ3) is 4.15. The van der Waals surface area contributed by atoms with Crippen molar-refractivity contribution in [3.63, 3.8) is 0 Å². The summed E-state index contributed by atoms with van der Waals surface area (Å²) in [5.74, 6) is 0. The molecule has 1 aliphatic heterocycles. The van der Waals surface area contributed by atoms with E-state index in [1.165, 1.54) is 32.4 Å². The molecule has 0 aromatic carbocycles. The van der Waals surface area contributed by atoms with Gasteiger partial charge in [-0.3, -0.25) is 0 Å². The molecule has 0 radical (unpaired) electrons. The normalized spacial score (nSPS) is 18.5. The average molecular weight is 133 g/mol. The summed E-state index contributed by atoms with van der Waals surface area (Å²) in [5, 5.41) is 3.28. The van der Waals surface area contributed by atoms with Crippen molar-refractivity contribution in [3.05, 3.63) is 0 Å². The standard InChI is InChI=1S/C5H11N.OS/c1-2-4-6-5-3-1;1-2/h6H,1-5H2;. The van der Waals surface area contributed by atoms with Gasteiger partial charge in [-0.05, 0) is 25.9 Å². The van der Waals surface area contributed by atoms with Crippen molar-refractivity contribution < 1.29 is 4.21 Å². The Morgan fingerprint density at radius 3 is 1.62 bits per heavy atom. The Bertz CT molecular complexity index is 36.2. The monoisotopic (exact) mass is 133 g/mol. The molecule has 2 nitrogen and oxygen atoms in total. The van der Waals surface area contributed by atoms with Crippen molar-refractivity contribution in [2.75, 3.05) is 13.1 Å². The van der Waals surface area contributed by atoms with Crippen LogP contribution >= 0.6 is 0 Å². The third-order valence-corrected chi connectivity index (χ3v) is 1.21. The van der Waals surface area contributed by atoms with E-state index in [-0.39, 0.29) is 0 Å². The van der Waals surface area contributed by atoms with Gasteiger partial charge in [-0.1, -0.05) is 6.42 Å². The first-order chi connectivity index (χ1) is 4.00. The minimum Gasteiger partial charge on any atom is -0.317 e. The summed E-state index contributed by atoms with van der Waals surface area (Å²) in [6.45, 7) is 2.50. The van der Waals surface area contributed by atoms with Crippen LogP contribution in [0.2, 0.25) is 0 Å². The Morgan fingerprint density at radius 2 is 1.50 bits per heavy atom. The molecule has 0 aliphatic carbocycles. The second kappa shape index (κ2) is 6.98. The predicted octanol–water partition coefficient (Wildman–Crippen LogP) is 0.424. The van der Waals surface area contributed by atoms with E-state index in [0.717, 1.165) is 0 Å². The van der Waals surface area contributed by atoms with Gasteiger partial charge >= 0.3 is 0 Å². The fraction of sp³-hybridized carbons (Fsp3) is 1.00. The van der Waals surface area contributed by atoms with E-state index in [0.29, 0.717) is 0 Å². The van der Waals surface area contributed by atoms with Gasteiger partial charge < -0.3 is 5.32 Å². The Labute approximate surface area is 55.2 Å². The quantitative estimate of drug-likeness (QED) is 0.519. The van der Waals surface area contributed by atoms with Crippen molar-refractivity contribution in [2.45, 2.75) is 19.3 Å². The van der Waals surface area contributed by atoms with Crippen LogP contribution in [0.3, 0.4) is 0 Å². The first kappa shape index (κ1) is 7.98. The highest BCUT2D eigenvalue weighted by Crippen LogP contribution is 1.96. The number of piperidine rings is 1. The molecule has 0 unspecified atom stereocenters. The van der Waals surface area contributed by atoms with Gasteiger partial charge in [-0.25, -0.2) is 0 Å². The van der Waals surface area contributed by atoms with Crippen LogP contribution < -0.4 is 5.32 Å². The second-order valence-corrected chi connectivity index (χ2v) is 1.81. The number of nitrogens with one attached hydrogen (secondary N) is 1. The summed E-state index contributed by atoms with van der Waals surface area (Å²) in [6.07, 6.45) is 4.22. The number of rotatable bonds is 0. The topological polar surface area (TPSA) is 29.1 Å². The summed E-state index contributed by atoms with van der Waals surface area (Å²) in [7, 11) is 0. The van der Waals surface area contributed by atoms with Crippen LogP contribution in [0.15, 0.2) is 0 Å². The molecule has 0 aromatic heterocycles. The zero-order valence-electron chi connectivity index (χ0n) is 4.85. The molecule has 1 aliphatic rings. The lowest BCUT2D eigenvalue weighted by molar-refractivity contribution is 0.520. The maximum absolute atomic E-state index is 7.83. The summed E-state index contributed by atoms with van der Waals surface area (Å²) >= 11 is 2.83. The molecule has 1 rings (SSSR count). The summed E-state index contributed by atoms with van der Waals surface area (Å²) in [5.41, 5.74) is 0. The molecule has 8 heavy (non-hydrogen) atoms. The molecule has 0 spiro atoms. The maximum Gasteiger partial charge on any atom is 0.197 e. The highest BCUT2D eigenvalue weighted by Gasteiger charge is 1.93. The summed E-state index contributed by atoms with van der Waals surface area (Å²) in [6, 6.07) is 0. The molecular formula is C5H11NOS. The lowest BCUT2D eigenvalue weighted by Crippen LogP contribution is -2.21. The molecule has 1 N–H and O–H groups in total. The van der Waals surface area contributed by atoms with E-state index in [4.69, 9.17) is 4.21 Å². The van der Waals surface area contributed by atoms with Gasteiger partial charge in [0.25, 0.3) is 0 Å². The average Bonchev–Trinajstić information content (AvgIpc) is 1.96. The lowest BCUT2D eigenvalue weighted by Gasteiger charge is -2.08. The van der Waals surface area contributed by atoms with Crippen molar-refractivity contribution in [1.82, 2.24) is 5.32 Å². The first-order valence-corrected chi connectivity index (χ1v) is 3.21. The summed E-state index contributed by atoms with van der Waals surface area (Å²) < 4.78 is 7.83. The predicted molar refractivity (Wildman–Crippen MR) is 34.9 cm³/mol. The Hall–Kier alpha value is -0.0200. The van der Waals surface area contributed by atoms with Crippen LogP contribution in [0.25, 0.3) is 0 Å². The minimum absolute atomic E-state index is 1.25. The van der Waals surface area contributed by atoms with Crippen molar-refractivity contribution in [2.24, 2.45) is 0 Å². The van der Waals surface area contributed by atoms with E-state index < -0.39 is 0 Å². The van der Waals surface area contributed by atoms with E-state index in [2.05, 4.69) is 17.9 Å². The van der Waals surface area contributed by atoms with Crippen LogP contribution in [0, 0.1) is 0 Å². The summed E-state index contributed by atoms with van der Waals surface area (Å²) in [4.78, 5) is 0. The van der Waals surface area contributed by atoms with Crippen LogP contribution in [0.4, 0.5) is 0 Å². The van der Waals surface area contributed by atoms with Gasteiger partial charge in [-0.15, -0.1) is 0 Å². The highest BCUT2D eigenvalue weighted by atomic mass is 32.1. The SMILES string of the molecule is C1CCNCC1.O=S. The molecule has 0 amide bonds. The van der Waals surface area contributed by atoms with E-state index in [9.17, 15) is 0 Å². The molecule has 0 atom stereocenters. The van der Waals surface area contributed by atoms with Crippen LogP contribution in [-0.4, -0.2) is 17.3 Å². The van der Waals surface area contributed by atoms with Gasteiger partial charge in [-0.2, -0.15) is 4.21 Å². The molecule has 48 valence electrons. The van der Waals surface area contributed by atoms with Crippen LogP contribution in [-0.2, 0) is 12.5 Å². The first-order valence-electron chi connectivity index (χ1n) is 2.87. The smallest absolute Gasteiger partial charge is 0.197 e. The fourth-order valence-electron chi connectivity index (χ4n) is 0.802. The molecule has 0 saturated carbocycles. The number of hydrogen-bond donors (Lipinski definition) is 1. The molecule has 1 fully saturated rings. The lowest BCUT2D eigenvalue weighted by atomic mass is 10.2. The Balaban J connectivity index is 0.000000222. The number of hydrogen-bond acceptors (Lipinski definition) is 3. The zero-order chi connectivity index (χ0) is 6.24.